The summed E-state index contributed by atoms with van der Waals surface area (Å²) < 4.78 is 0. The van der Waals surface area contributed by atoms with Crippen LogP contribution in [0.4, 0.5) is 5.69 Å². The molecule has 1 saturated carbocycles. The van der Waals surface area contributed by atoms with E-state index in [0.29, 0.717) is 19.0 Å². The highest BCUT2D eigenvalue weighted by molar-refractivity contribution is 5.76. The quantitative estimate of drug-likeness (QED) is 0.825. The summed E-state index contributed by atoms with van der Waals surface area (Å²) in [4.78, 5) is 11.8. The van der Waals surface area contributed by atoms with Gasteiger partial charge in [0, 0.05) is 24.7 Å². The highest BCUT2D eigenvalue weighted by Crippen LogP contribution is 2.18. The summed E-state index contributed by atoms with van der Waals surface area (Å²) in [5.41, 5.74) is 2.46. The van der Waals surface area contributed by atoms with Gasteiger partial charge in [-0.15, -0.1) is 0 Å². The predicted molar refractivity (Wildman–Crippen MR) is 79.3 cm³/mol. The Morgan fingerprint density at radius 3 is 2.74 bits per heavy atom. The molecule has 0 radical (unpaired) electrons. The van der Waals surface area contributed by atoms with Gasteiger partial charge >= 0.3 is 0 Å². The van der Waals surface area contributed by atoms with Crippen molar-refractivity contribution in [3.8, 4) is 0 Å². The number of carbonyl (C=O) groups excluding carboxylic acids is 1. The van der Waals surface area contributed by atoms with Crippen LogP contribution in [-0.4, -0.2) is 18.5 Å². The van der Waals surface area contributed by atoms with Crippen LogP contribution in [0.15, 0.2) is 24.3 Å². The Kier molecular flexibility index (Phi) is 5.25. The summed E-state index contributed by atoms with van der Waals surface area (Å²) in [5.74, 6) is 0.174. The van der Waals surface area contributed by atoms with Gasteiger partial charge in [0.25, 0.3) is 0 Å². The first-order chi connectivity index (χ1) is 9.29. The van der Waals surface area contributed by atoms with Crippen molar-refractivity contribution in [1.29, 1.82) is 0 Å². The standard InChI is InChI=1S/C16H24N2O/c1-2-13-7-3-6-10-15(13)17-12-11-16(19)18-14-8-4-5-9-14/h3,6-7,10,14,17H,2,4-5,8-9,11-12H2,1H3,(H,18,19). The fraction of sp³-hybridized carbons (Fsp3) is 0.562. The fourth-order valence-corrected chi connectivity index (χ4v) is 2.68. The van der Waals surface area contributed by atoms with Gasteiger partial charge in [0.15, 0.2) is 0 Å². The average Bonchev–Trinajstić information content (AvgIpc) is 2.92. The second kappa shape index (κ2) is 7.17. The van der Waals surface area contributed by atoms with E-state index < -0.39 is 0 Å². The molecule has 104 valence electrons. The second-order valence-corrected chi connectivity index (χ2v) is 5.24. The highest BCUT2D eigenvalue weighted by Gasteiger charge is 2.16. The van der Waals surface area contributed by atoms with Crippen LogP contribution >= 0.6 is 0 Å². The molecule has 1 fully saturated rings. The lowest BCUT2D eigenvalue weighted by Gasteiger charge is -2.13. The van der Waals surface area contributed by atoms with Crippen molar-refractivity contribution in [3.63, 3.8) is 0 Å². The van der Waals surface area contributed by atoms with E-state index in [1.807, 2.05) is 6.07 Å². The van der Waals surface area contributed by atoms with Crippen molar-refractivity contribution >= 4 is 11.6 Å². The van der Waals surface area contributed by atoms with E-state index in [0.717, 1.165) is 24.9 Å². The van der Waals surface area contributed by atoms with Crippen LogP contribution in [0.1, 0.15) is 44.6 Å². The summed E-state index contributed by atoms with van der Waals surface area (Å²) in [5, 5.41) is 6.47. The molecule has 0 aliphatic heterocycles. The lowest BCUT2D eigenvalue weighted by atomic mass is 10.1. The molecular formula is C16H24N2O. The third kappa shape index (κ3) is 4.27. The third-order valence-electron chi connectivity index (χ3n) is 3.79. The van der Waals surface area contributed by atoms with Gasteiger partial charge in [-0.05, 0) is 30.9 Å². The zero-order chi connectivity index (χ0) is 13.5. The van der Waals surface area contributed by atoms with Gasteiger partial charge in [-0.2, -0.15) is 0 Å². The van der Waals surface area contributed by atoms with Crippen LogP contribution in [-0.2, 0) is 11.2 Å². The molecule has 2 N–H and O–H groups in total. The highest BCUT2D eigenvalue weighted by atomic mass is 16.1. The van der Waals surface area contributed by atoms with E-state index in [1.165, 1.54) is 18.4 Å². The maximum atomic E-state index is 11.8. The monoisotopic (exact) mass is 260 g/mol. The van der Waals surface area contributed by atoms with Crippen LogP contribution in [0.3, 0.4) is 0 Å². The first-order valence-corrected chi connectivity index (χ1v) is 7.40. The molecule has 0 bridgehead atoms. The van der Waals surface area contributed by atoms with Crippen LogP contribution in [0, 0.1) is 0 Å². The van der Waals surface area contributed by atoms with E-state index in [9.17, 15) is 4.79 Å². The minimum atomic E-state index is 0.174. The van der Waals surface area contributed by atoms with Gasteiger partial charge < -0.3 is 10.6 Å². The Morgan fingerprint density at radius 2 is 2.00 bits per heavy atom. The van der Waals surface area contributed by atoms with Crippen LogP contribution in [0.2, 0.25) is 0 Å². The molecule has 0 aromatic heterocycles. The Balaban J connectivity index is 1.72. The Hall–Kier alpha value is -1.51. The number of nitrogens with one attached hydrogen (secondary N) is 2. The first kappa shape index (κ1) is 13.9. The molecule has 1 amide bonds. The fourth-order valence-electron chi connectivity index (χ4n) is 2.68. The molecule has 1 aliphatic rings. The van der Waals surface area contributed by atoms with Crippen molar-refractivity contribution in [2.24, 2.45) is 0 Å². The maximum Gasteiger partial charge on any atom is 0.221 e. The van der Waals surface area contributed by atoms with Crippen LogP contribution in [0.5, 0.6) is 0 Å². The Bertz CT molecular complexity index is 411. The van der Waals surface area contributed by atoms with Crippen molar-refractivity contribution in [3.05, 3.63) is 29.8 Å². The zero-order valence-corrected chi connectivity index (χ0v) is 11.7. The Morgan fingerprint density at radius 1 is 1.26 bits per heavy atom. The molecular weight excluding hydrogens is 236 g/mol. The van der Waals surface area contributed by atoms with Gasteiger partial charge in [0.2, 0.25) is 5.91 Å². The number of hydrogen-bond acceptors (Lipinski definition) is 2. The number of amides is 1. The minimum absolute atomic E-state index is 0.174. The normalized spacial score (nSPS) is 15.4. The molecule has 0 unspecified atom stereocenters. The van der Waals surface area contributed by atoms with Crippen molar-refractivity contribution in [2.45, 2.75) is 51.5 Å². The summed E-state index contributed by atoms with van der Waals surface area (Å²) >= 11 is 0. The van der Waals surface area contributed by atoms with Crippen LogP contribution in [0.25, 0.3) is 0 Å². The smallest absolute Gasteiger partial charge is 0.221 e. The van der Waals surface area contributed by atoms with Gasteiger partial charge in [-0.1, -0.05) is 38.0 Å². The number of benzene rings is 1. The summed E-state index contributed by atoms with van der Waals surface area (Å²) in [7, 11) is 0. The third-order valence-corrected chi connectivity index (χ3v) is 3.79. The number of anilines is 1. The molecule has 1 aromatic carbocycles. The topological polar surface area (TPSA) is 41.1 Å². The largest absolute Gasteiger partial charge is 0.384 e. The van der Waals surface area contributed by atoms with Crippen molar-refractivity contribution < 1.29 is 4.79 Å². The molecule has 0 spiro atoms. The van der Waals surface area contributed by atoms with Crippen LogP contribution < -0.4 is 10.6 Å². The van der Waals surface area contributed by atoms with Crippen molar-refractivity contribution in [1.82, 2.24) is 5.32 Å². The van der Waals surface area contributed by atoms with Crippen molar-refractivity contribution in [2.75, 3.05) is 11.9 Å². The Labute approximate surface area is 115 Å². The molecule has 0 atom stereocenters. The molecule has 0 saturated heterocycles. The molecule has 1 aromatic rings. The molecule has 0 heterocycles. The van der Waals surface area contributed by atoms with Gasteiger partial charge in [-0.3, -0.25) is 4.79 Å². The maximum absolute atomic E-state index is 11.8. The number of hydrogen-bond donors (Lipinski definition) is 2. The molecule has 3 heteroatoms. The SMILES string of the molecule is CCc1ccccc1NCCC(=O)NC1CCCC1. The lowest BCUT2D eigenvalue weighted by molar-refractivity contribution is -0.121. The number of rotatable bonds is 6. The zero-order valence-electron chi connectivity index (χ0n) is 11.7. The minimum Gasteiger partial charge on any atom is -0.384 e. The molecule has 3 nitrogen and oxygen atoms in total. The lowest BCUT2D eigenvalue weighted by Crippen LogP contribution is -2.33. The second-order valence-electron chi connectivity index (χ2n) is 5.24. The number of para-hydroxylation sites is 1. The van der Waals surface area contributed by atoms with E-state index in [2.05, 4.69) is 35.8 Å². The van der Waals surface area contributed by atoms with Gasteiger partial charge in [0.1, 0.15) is 0 Å². The molecule has 1 aliphatic carbocycles. The summed E-state index contributed by atoms with van der Waals surface area (Å²) in [6.07, 6.45) is 6.38. The summed E-state index contributed by atoms with van der Waals surface area (Å²) in [6.45, 7) is 2.85. The predicted octanol–water partition coefficient (Wildman–Crippen LogP) is 3.11. The first-order valence-electron chi connectivity index (χ1n) is 7.40. The van der Waals surface area contributed by atoms with E-state index in [4.69, 9.17) is 0 Å². The van der Waals surface area contributed by atoms with Gasteiger partial charge in [-0.25, -0.2) is 0 Å². The van der Waals surface area contributed by atoms with E-state index >= 15 is 0 Å². The number of carbonyl (C=O) groups is 1. The number of aryl methyl sites for hydroxylation is 1. The van der Waals surface area contributed by atoms with E-state index in [1.54, 1.807) is 0 Å². The van der Waals surface area contributed by atoms with Gasteiger partial charge in [0.05, 0.1) is 0 Å². The van der Waals surface area contributed by atoms with E-state index in [-0.39, 0.29) is 5.91 Å². The molecule has 2 rings (SSSR count). The summed E-state index contributed by atoms with van der Waals surface area (Å²) in [6, 6.07) is 8.71. The molecule has 19 heavy (non-hydrogen) atoms. The average molecular weight is 260 g/mol.